The van der Waals surface area contributed by atoms with Gasteiger partial charge in [-0.05, 0) is 48.4 Å². The Labute approximate surface area is 197 Å². The molecule has 34 heavy (non-hydrogen) atoms. The van der Waals surface area contributed by atoms with Gasteiger partial charge in [-0.3, -0.25) is 4.79 Å². The highest BCUT2D eigenvalue weighted by Gasteiger charge is 2.11. The molecule has 5 N–H and O–H groups in total. The Morgan fingerprint density at radius 3 is 2.71 bits per heavy atom. The Balaban J connectivity index is 1.30. The lowest BCUT2D eigenvalue weighted by Crippen LogP contribution is -2.30. The summed E-state index contributed by atoms with van der Waals surface area (Å²) in [6.07, 6.45) is 6.00. The highest BCUT2D eigenvalue weighted by Crippen LogP contribution is 2.22. The number of amides is 3. The van der Waals surface area contributed by atoms with Gasteiger partial charge in [0.2, 0.25) is 0 Å². The minimum Gasteiger partial charge on any atom is -0.373 e. The molecule has 0 unspecified atom stereocenters. The molecule has 0 bridgehead atoms. The molecule has 3 amide bonds. The summed E-state index contributed by atoms with van der Waals surface area (Å²) >= 11 is 0. The summed E-state index contributed by atoms with van der Waals surface area (Å²) in [6, 6.07) is 17.6. The Morgan fingerprint density at radius 1 is 1.12 bits per heavy atom. The van der Waals surface area contributed by atoms with E-state index in [1.807, 2.05) is 60.8 Å². The number of imidazole rings is 1. The van der Waals surface area contributed by atoms with Crippen LogP contribution in [0.2, 0.25) is 0 Å². The molecule has 4 aromatic rings. The topological polar surface area (TPSA) is 127 Å². The highest BCUT2D eigenvalue weighted by atomic mass is 16.3. The van der Waals surface area contributed by atoms with E-state index in [1.54, 1.807) is 0 Å². The molecule has 176 valence electrons. The number of primary amides is 1. The minimum atomic E-state index is -0.792. The van der Waals surface area contributed by atoms with Gasteiger partial charge in [0.1, 0.15) is 11.9 Å². The van der Waals surface area contributed by atoms with Gasteiger partial charge in [-0.2, -0.15) is 0 Å². The normalized spacial score (nSPS) is 11.9. The summed E-state index contributed by atoms with van der Waals surface area (Å²) in [5, 5.41) is 17.2. The summed E-state index contributed by atoms with van der Waals surface area (Å²) in [7, 11) is 0. The van der Waals surface area contributed by atoms with Gasteiger partial charge >= 0.3 is 6.03 Å². The second-order valence-corrected chi connectivity index (χ2v) is 8.09. The Kier molecular flexibility index (Phi) is 7.24. The van der Waals surface area contributed by atoms with Gasteiger partial charge in [-0.25, -0.2) is 9.78 Å². The average Bonchev–Trinajstić information content (AvgIpc) is 3.48. The fourth-order valence-electron chi connectivity index (χ4n) is 3.82. The van der Waals surface area contributed by atoms with Crippen LogP contribution in [0.3, 0.4) is 0 Å². The Hall–Kier alpha value is -4.11. The number of benzene rings is 2. The number of aryl methyl sites for hydroxylation is 1. The largest absolute Gasteiger partial charge is 0.373 e. The SMILES string of the molecule is NC(=O)c1cn([C@H](O)CCCn2ccc3ccc(NC(=O)NCCc4ccccc4)cc32)cn1. The van der Waals surface area contributed by atoms with Gasteiger partial charge in [-0.1, -0.05) is 36.4 Å². The molecule has 2 aromatic carbocycles. The number of aromatic nitrogens is 3. The van der Waals surface area contributed by atoms with Gasteiger partial charge in [0, 0.05) is 31.2 Å². The first kappa shape index (κ1) is 23.1. The van der Waals surface area contributed by atoms with Crippen molar-refractivity contribution in [3.05, 3.63) is 84.6 Å². The molecule has 9 heteroatoms. The van der Waals surface area contributed by atoms with Crippen LogP contribution in [0, 0.1) is 0 Å². The third-order valence-corrected chi connectivity index (χ3v) is 5.63. The molecule has 0 spiro atoms. The summed E-state index contributed by atoms with van der Waals surface area (Å²) in [6.45, 7) is 1.24. The maximum atomic E-state index is 12.3. The summed E-state index contributed by atoms with van der Waals surface area (Å²) in [5.74, 6) is -0.626. The number of fused-ring (bicyclic) bond motifs is 1. The Morgan fingerprint density at radius 2 is 1.94 bits per heavy atom. The summed E-state index contributed by atoms with van der Waals surface area (Å²) < 4.78 is 3.57. The molecule has 2 heterocycles. The fourth-order valence-corrected chi connectivity index (χ4v) is 3.82. The molecular weight excluding hydrogens is 432 g/mol. The third kappa shape index (κ3) is 5.81. The number of hydrogen-bond donors (Lipinski definition) is 4. The van der Waals surface area contributed by atoms with E-state index in [9.17, 15) is 14.7 Å². The number of rotatable bonds is 10. The van der Waals surface area contributed by atoms with E-state index in [4.69, 9.17) is 5.73 Å². The smallest absolute Gasteiger partial charge is 0.319 e. The molecule has 4 rings (SSSR count). The minimum absolute atomic E-state index is 0.125. The first-order valence-corrected chi connectivity index (χ1v) is 11.2. The lowest BCUT2D eigenvalue weighted by atomic mass is 10.1. The zero-order chi connectivity index (χ0) is 23.9. The van der Waals surface area contributed by atoms with Crippen molar-refractivity contribution in [3.8, 4) is 0 Å². The summed E-state index contributed by atoms with van der Waals surface area (Å²) in [5.41, 5.74) is 8.21. The van der Waals surface area contributed by atoms with Crippen molar-refractivity contribution in [2.24, 2.45) is 5.73 Å². The second-order valence-electron chi connectivity index (χ2n) is 8.09. The maximum absolute atomic E-state index is 12.3. The van der Waals surface area contributed by atoms with Crippen molar-refractivity contribution in [2.75, 3.05) is 11.9 Å². The van der Waals surface area contributed by atoms with Gasteiger partial charge < -0.3 is 30.6 Å². The lowest BCUT2D eigenvalue weighted by molar-refractivity contribution is 0.0905. The number of aliphatic hydroxyl groups is 1. The van der Waals surface area contributed by atoms with E-state index in [0.29, 0.717) is 31.6 Å². The zero-order valence-corrected chi connectivity index (χ0v) is 18.7. The monoisotopic (exact) mass is 460 g/mol. The first-order valence-electron chi connectivity index (χ1n) is 11.2. The van der Waals surface area contributed by atoms with Crippen molar-refractivity contribution in [2.45, 2.75) is 32.0 Å². The van der Waals surface area contributed by atoms with E-state index >= 15 is 0 Å². The molecule has 9 nitrogen and oxygen atoms in total. The second kappa shape index (κ2) is 10.7. The van der Waals surface area contributed by atoms with Gasteiger partial charge in [-0.15, -0.1) is 0 Å². The predicted molar refractivity (Wildman–Crippen MR) is 130 cm³/mol. The van der Waals surface area contributed by atoms with Crippen LogP contribution in [0.4, 0.5) is 10.5 Å². The number of aliphatic hydroxyl groups excluding tert-OH is 1. The average molecular weight is 461 g/mol. The molecule has 0 saturated carbocycles. The van der Waals surface area contributed by atoms with Crippen LogP contribution in [0.15, 0.2) is 73.3 Å². The zero-order valence-electron chi connectivity index (χ0n) is 18.7. The van der Waals surface area contributed by atoms with Gasteiger partial charge in [0.15, 0.2) is 0 Å². The van der Waals surface area contributed by atoms with Crippen molar-refractivity contribution in [3.63, 3.8) is 0 Å². The van der Waals surface area contributed by atoms with E-state index in [0.717, 1.165) is 17.3 Å². The third-order valence-electron chi connectivity index (χ3n) is 5.63. The highest BCUT2D eigenvalue weighted by molar-refractivity contribution is 5.93. The van der Waals surface area contributed by atoms with Crippen LogP contribution in [-0.2, 0) is 13.0 Å². The number of nitrogens with one attached hydrogen (secondary N) is 2. The van der Waals surface area contributed by atoms with Gasteiger partial charge in [0.05, 0.1) is 11.8 Å². The van der Waals surface area contributed by atoms with Crippen molar-refractivity contribution in [1.29, 1.82) is 0 Å². The van der Waals surface area contributed by atoms with Crippen LogP contribution in [-0.4, -0.2) is 37.7 Å². The van der Waals surface area contributed by atoms with E-state index in [1.165, 1.54) is 22.7 Å². The standard InChI is InChI=1S/C25H28N6O3/c26-24(33)21-16-31(17-28-21)23(32)7-4-13-30-14-11-19-8-9-20(15-22(19)30)29-25(34)27-12-10-18-5-2-1-3-6-18/h1-3,5-6,8-9,11,14-17,23,32H,4,7,10,12-13H2,(H2,26,33)(H2,27,29,34)/t23-/m1/s1. The maximum Gasteiger partial charge on any atom is 0.319 e. The van der Waals surface area contributed by atoms with Crippen LogP contribution in [0.25, 0.3) is 10.9 Å². The fraction of sp³-hybridized carbons (Fsp3) is 0.240. The molecule has 0 aliphatic rings. The molecule has 0 radical (unpaired) electrons. The van der Waals surface area contributed by atoms with E-state index in [2.05, 4.69) is 20.2 Å². The van der Waals surface area contributed by atoms with Crippen LogP contribution in [0.5, 0.6) is 0 Å². The van der Waals surface area contributed by atoms with Crippen molar-refractivity contribution in [1.82, 2.24) is 19.4 Å². The number of anilines is 1. The van der Waals surface area contributed by atoms with Crippen molar-refractivity contribution >= 4 is 28.5 Å². The summed E-state index contributed by atoms with van der Waals surface area (Å²) in [4.78, 5) is 27.3. The first-order chi connectivity index (χ1) is 16.5. The van der Waals surface area contributed by atoms with Gasteiger partial charge in [0.25, 0.3) is 5.91 Å². The number of carbonyl (C=O) groups is 2. The number of nitrogens with two attached hydrogens (primary N) is 1. The van der Waals surface area contributed by atoms with Crippen LogP contribution in [0.1, 0.15) is 35.1 Å². The molecule has 1 atom stereocenters. The molecular formula is C25H28N6O3. The number of urea groups is 1. The van der Waals surface area contributed by atoms with Crippen molar-refractivity contribution < 1.29 is 14.7 Å². The number of hydrogen-bond acceptors (Lipinski definition) is 4. The Bertz CT molecular complexity index is 1260. The van der Waals surface area contributed by atoms with Crippen LogP contribution >= 0.6 is 0 Å². The molecule has 2 aromatic heterocycles. The lowest BCUT2D eigenvalue weighted by Gasteiger charge is -2.13. The van der Waals surface area contributed by atoms with Crippen LogP contribution < -0.4 is 16.4 Å². The van der Waals surface area contributed by atoms with E-state index < -0.39 is 12.1 Å². The molecule has 0 saturated heterocycles. The molecule has 0 aliphatic heterocycles. The predicted octanol–water partition coefficient (Wildman–Crippen LogP) is 3.27. The molecule has 0 aliphatic carbocycles. The number of nitrogens with zero attached hydrogens (tertiary/aromatic N) is 3. The number of carbonyl (C=O) groups excluding carboxylic acids is 2. The quantitative estimate of drug-likeness (QED) is 0.290. The van der Waals surface area contributed by atoms with E-state index in [-0.39, 0.29) is 11.7 Å². The molecule has 0 fully saturated rings.